The number of thioether (sulfide) groups is 1. The van der Waals surface area contributed by atoms with Crippen LogP contribution in [0.4, 0.5) is 18.3 Å². The molecule has 1 unspecified atom stereocenters. The normalized spacial score (nSPS) is 12.4. The second-order valence-electron chi connectivity index (χ2n) is 6.99. The van der Waals surface area contributed by atoms with E-state index in [1.807, 2.05) is 0 Å². The maximum atomic E-state index is 12.9. The Kier molecular flexibility index (Phi) is 8.39. The van der Waals surface area contributed by atoms with Crippen molar-refractivity contribution >= 4 is 51.7 Å². The van der Waals surface area contributed by atoms with E-state index in [4.69, 9.17) is 11.6 Å². The molecule has 1 heterocycles. The monoisotopic (exact) mass is 514 g/mol. The standard InChI is InChI=1S/C22H18ClF3N2O3S2/c23-17-7-2-1-5-14(17)10-18(20(30)31)32-12-19(29)28-21-27-11-16(33-21)9-13-4-3-6-15(8-13)22(24,25)26/h1-8,11,18H,9-10,12H2,(H,30,31)(H,27,28,29). The first kappa shape index (κ1) is 25.1. The fourth-order valence-corrected chi connectivity index (χ4v) is 4.86. The Hall–Kier alpha value is -2.56. The summed E-state index contributed by atoms with van der Waals surface area (Å²) >= 11 is 8.21. The van der Waals surface area contributed by atoms with E-state index in [2.05, 4.69) is 10.3 Å². The molecule has 0 spiro atoms. The molecule has 0 aliphatic heterocycles. The number of benzene rings is 2. The Morgan fingerprint density at radius 1 is 1.18 bits per heavy atom. The maximum Gasteiger partial charge on any atom is 0.416 e. The molecule has 0 fully saturated rings. The Morgan fingerprint density at radius 3 is 2.64 bits per heavy atom. The molecule has 0 aliphatic carbocycles. The number of anilines is 1. The third-order valence-corrected chi connectivity index (χ3v) is 6.97. The van der Waals surface area contributed by atoms with Gasteiger partial charge in [-0.25, -0.2) is 4.98 Å². The predicted molar refractivity (Wildman–Crippen MR) is 124 cm³/mol. The zero-order valence-corrected chi connectivity index (χ0v) is 19.3. The number of nitrogens with zero attached hydrogens (tertiary/aromatic N) is 1. The van der Waals surface area contributed by atoms with Crippen LogP contribution in [0.3, 0.4) is 0 Å². The van der Waals surface area contributed by atoms with Crippen LogP contribution in [0.2, 0.25) is 5.02 Å². The molecule has 0 bridgehead atoms. The Bertz CT molecular complexity index is 1140. The van der Waals surface area contributed by atoms with E-state index in [9.17, 15) is 27.9 Å². The number of thiazole rings is 1. The molecule has 33 heavy (non-hydrogen) atoms. The summed E-state index contributed by atoms with van der Waals surface area (Å²) in [4.78, 5) is 28.6. The molecule has 0 saturated heterocycles. The first-order valence-corrected chi connectivity index (χ1v) is 11.8. The highest BCUT2D eigenvalue weighted by Gasteiger charge is 2.30. The third-order valence-electron chi connectivity index (χ3n) is 4.49. The van der Waals surface area contributed by atoms with Crippen molar-refractivity contribution in [1.29, 1.82) is 0 Å². The molecule has 174 valence electrons. The quantitative estimate of drug-likeness (QED) is 0.379. The molecule has 3 aromatic rings. The molecule has 1 aromatic heterocycles. The summed E-state index contributed by atoms with van der Waals surface area (Å²) in [6.45, 7) is 0. The van der Waals surface area contributed by atoms with E-state index in [-0.39, 0.29) is 18.6 Å². The highest BCUT2D eigenvalue weighted by atomic mass is 35.5. The fourth-order valence-electron chi connectivity index (χ4n) is 2.92. The number of amides is 1. The van der Waals surface area contributed by atoms with Crippen LogP contribution in [0.5, 0.6) is 0 Å². The molecular weight excluding hydrogens is 497 g/mol. The second kappa shape index (κ2) is 11.0. The number of aliphatic carboxylic acids is 1. The van der Waals surface area contributed by atoms with Crippen molar-refractivity contribution in [2.45, 2.75) is 24.3 Å². The van der Waals surface area contributed by atoms with E-state index < -0.39 is 28.9 Å². The van der Waals surface area contributed by atoms with Gasteiger partial charge in [0.05, 0.1) is 11.3 Å². The topological polar surface area (TPSA) is 79.3 Å². The number of hydrogen-bond acceptors (Lipinski definition) is 5. The largest absolute Gasteiger partial charge is 0.480 e. The van der Waals surface area contributed by atoms with E-state index in [0.717, 1.165) is 35.2 Å². The van der Waals surface area contributed by atoms with Crippen molar-refractivity contribution in [2.24, 2.45) is 0 Å². The molecule has 11 heteroatoms. The summed E-state index contributed by atoms with van der Waals surface area (Å²) in [5.41, 5.74) is 0.434. The van der Waals surface area contributed by atoms with Crippen molar-refractivity contribution in [3.63, 3.8) is 0 Å². The Morgan fingerprint density at radius 2 is 1.94 bits per heavy atom. The lowest BCUT2D eigenvalue weighted by Crippen LogP contribution is -2.23. The van der Waals surface area contributed by atoms with Gasteiger partial charge in [0.2, 0.25) is 5.91 Å². The Labute approximate surface area is 201 Å². The van der Waals surface area contributed by atoms with Crippen LogP contribution in [0.25, 0.3) is 0 Å². The molecule has 3 rings (SSSR count). The number of hydrogen-bond donors (Lipinski definition) is 2. The summed E-state index contributed by atoms with van der Waals surface area (Å²) < 4.78 is 38.6. The maximum absolute atomic E-state index is 12.9. The van der Waals surface area contributed by atoms with Crippen LogP contribution >= 0.6 is 34.7 Å². The first-order chi connectivity index (χ1) is 15.6. The van der Waals surface area contributed by atoms with E-state index in [0.29, 0.717) is 26.2 Å². The molecule has 1 amide bonds. The van der Waals surface area contributed by atoms with Crippen LogP contribution in [0.1, 0.15) is 21.6 Å². The van der Waals surface area contributed by atoms with Crippen molar-refractivity contribution in [1.82, 2.24) is 4.98 Å². The number of carboxylic acid groups (broad SMARTS) is 1. The number of carboxylic acids is 1. The van der Waals surface area contributed by atoms with Crippen molar-refractivity contribution in [3.8, 4) is 0 Å². The number of carbonyl (C=O) groups excluding carboxylic acids is 1. The van der Waals surface area contributed by atoms with Gasteiger partial charge in [-0.05, 0) is 29.7 Å². The minimum absolute atomic E-state index is 0.107. The molecule has 2 aromatic carbocycles. The highest BCUT2D eigenvalue weighted by molar-refractivity contribution is 8.01. The number of rotatable bonds is 9. The molecule has 5 nitrogen and oxygen atoms in total. The van der Waals surface area contributed by atoms with Gasteiger partial charge in [-0.2, -0.15) is 13.2 Å². The van der Waals surface area contributed by atoms with E-state index in [1.165, 1.54) is 12.3 Å². The predicted octanol–water partition coefficient (Wildman–Crippen LogP) is 5.77. The van der Waals surface area contributed by atoms with Crippen molar-refractivity contribution < 1.29 is 27.9 Å². The first-order valence-electron chi connectivity index (χ1n) is 9.60. The number of alkyl halides is 3. The number of carbonyl (C=O) groups is 2. The second-order valence-corrected chi connectivity index (χ2v) is 9.70. The van der Waals surface area contributed by atoms with Crippen LogP contribution < -0.4 is 5.32 Å². The molecule has 0 saturated carbocycles. The average molecular weight is 515 g/mol. The van der Waals surface area contributed by atoms with Crippen LogP contribution in [-0.2, 0) is 28.6 Å². The highest BCUT2D eigenvalue weighted by Crippen LogP contribution is 2.31. The van der Waals surface area contributed by atoms with E-state index >= 15 is 0 Å². The van der Waals surface area contributed by atoms with Gasteiger partial charge in [0, 0.05) is 22.5 Å². The molecule has 2 N–H and O–H groups in total. The minimum Gasteiger partial charge on any atom is -0.480 e. The number of halogens is 4. The lowest BCUT2D eigenvalue weighted by Gasteiger charge is -2.12. The summed E-state index contributed by atoms with van der Waals surface area (Å²) in [6.07, 6.45) is -2.51. The summed E-state index contributed by atoms with van der Waals surface area (Å²) in [6, 6.07) is 12.0. The van der Waals surface area contributed by atoms with Crippen LogP contribution in [0, 0.1) is 0 Å². The van der Waals surface area contributed by atoms with Gasteiger partial charge >= 0.3 is 12.1 Å². The van der Waals surface area contributed by atoms with Crippen molar-refractivity contribution in [2.75, 3.05) is 11.1 Å². The zero-order valence-electron chi connectivity index (χ0n) is 16.9. The lowest BCUT2D eigenvalue weighted by molar-refractivity contribution is -0.138. The van der Waals surface area contributed by atoms with Crippen LogP contribution in [-0.4, -0.2) is 33.0 Å². The summed E-state index contributed by atoms with van der Waals surface area (Å²) in [5.74, 6) is -1.58. The van der Waals surface area contributed by atoms with Gasteiger partial charge in [-0.3, -0.25) is 9.59 Å². The summed E-state index contributed by atoms with van der Waals surface area (Å²) in [7, 11) is 0. The van der Waals surface area contributed by atoms with E-state index in [1.54, 1.807) is 30.3 Å². The number of aromatic nitrogens is 1. The number of nitrogens with one attached hydrogen (secondary N) is 1. The molecular formula is C22H18ClF3N2O3S2. The van der Waals surface area contributed by atoms with Crippen molar-refractivity contribution in [3.05, 3.63) is 81.3 Å². The Balaban J connectivity index is 1.55. The van der Waals surface area contributed by atoms with Gasteiger partial charge in [0.25, 0.3) is 0 Å². The van der Waals surface area contributed by atoms with Crippen LogP contribution in [0.15, 0.2) is 54.7 Å². The smallest absolute Gasteiger partial charge is 0.416 e. The average Bonchev–Trinajstić information content (AvgIpc) is 3.18. The molecule has 0 radical (unpaired) electrons. The molecule has 1 atom stereocenters. The third kappa shape index (κ3) is 7.48. The molecule has 0 aliphatic rings. The van der Waals surface area contributed by atoms with Gasteiger partial charge < -0.3 is 10.4 Å². The van der Waals surface area contributed by atoms with Gasteiger partial charge in [-0.15, -0.1) is 23.1 Å². The van der Waals surface area contributed by atoms with Gasteiger partial charge in [-0.1, -0.05) is 48.0 Å². The fraction of sp³-hybridized carbons (Fsp3) is 0.227. The SMILES string of the molecule is O=C(CSC(Cc1ccccc1Cl)C(=O)O)Nc1ncc(Cc2cccc(C(F)(F)F)c2)s1. The summed E-state index contributed by atoms with van der Waals surface area (Å²) in [5, 5.41) is 12.0. The minimum atomic E-state index is -4.42. The van der Waals surface area contributed by atoms with Gasteiger partial charge in [0.15, 0.2) is 5.13 Å². The zero-order chi connectivity index (χ0) is 24.0. The van der Waals surface area contributed by atoms with Gasteiger partial charge in [0.1, 0.15) is 5.25 Å². The lowest BCUT2D eigenvalue weighted by atomic mass is 10.1.